The molecule has 0 aliphatic heterocycles. The van der Waals surface area contributed by atoms with Gasteiger partial charge in [0.25, 0.3) is 0 Å². The minimum absolute atomic E-state index is 0.00123. The van der Waals surface area contributed by atoms with Gasteiger partial charge in [0.1, 0.15) is 0 Å². The third kappa shape index (κ3) is 4.68. The molecule has 5 heteroatoms. The Morgan fingerprint density at radius 3 is 2.00 bits per heavy atom. The van der Waals surface area contributed by atoms with E-state index in [2.05, 4.69) is 0 Å². The fourth-order valence-electron chi connectivity index (χ4n) is 2.59. The first kappa shape index (κ1) is 18.2. The lowest BCUT2D eigenvalue weighted by Gasteiger charge is -2.15. The molecular formula is C19H22O4S. The summed E-state index contributed by atoms with van der Waals surface area (Å²) < 4.78 is 24.9. The molecule has 0 heterocycles. The summed E-state index contributed by atoms with van der Waals surface area (Å²) in [7, 11) is -3.75. The van der Waals surface area contributed by atoms with Crippen molar-refractivity contribution in [3.63, 3.8) is 0 Å². The molecule has 0 aliphatic carbocycles. The lowest BCUT2D eigenvalue weighted by molar-refractivity contribution is -0.136. The summed E-state index contributed by atoms with van der Waals surface area (Å²) in [4.78, 5) is 11.3. The van der Waals surface area contributed by atoms with Gasteiger partial charge < -0.3 is 5.11 Å². The monoisotopic (exact) mass is 346 g/mol. The lowest BCUT2D eigenvalue weighted by Crippen LogP contribution is -2.32. The van der Waals surface area contributed by atoms with E-state index in [1.54, 1.807) is 12.1 Å². The molecular weight excluding hydrogens is 324 g/mol. The lowest BCUT2D eigenvalue weighted by atomic mass is 10.0. The fraction of sp³-hybridized carbons (Fsp3) is 0.316. The molecule has 0 bridgehead atoms. The molecule has 0 spiro atoms. The maximum absolute atomic E-state index is 12.5. The molecule has 0 amide bonds. The molecule has 2 aromatic carbocycles. The first-order valence-corrected chi connectivity index (χ1v) is 9.60. The minimum Gasteiger partial charge on any atom is -0.480 e. The van der Waals surface area contributed by atoms with E-state index >= 15 is 0 Å². The van der Waals surface area contributed by atoms with E-state index in [1.807, 2.05) is 56.3 Å². The Labute approximate surface area is 143 Å². The number of aliphatic carboxylic acids is 1. The van der Waals surface area contributed by atoms with Crippen LogP contribution in [0.4, 0.5) is 0 Å². The number of carbonyl (C=O) groups is 1. The van der Waals surface area contributed by atoms with Gasteiger partial charge in [0.2, 0.25) is 0 Å². The number of rotatable bonds is 7. The van der Waals surface area contributed by atoms with Crippen LogP contribution in [0.3, 0.4) is 0 Å². The van der Waals surface area contributed by atoms with Crippen molar-refractivity contribution < 1.29 is 18.3 Å². The Bertz CT molecular complexity index is 778. The summed E-state index contributed by atoms with van der Waals surface area (Å²) in [6, 6.07) is 17.0. The van der Waals surface area contributed by atoms with E-state index in [0.29, 0.717) is 5.56 Å². The average molecular weight is 346 g/mol. The third-order valence-electron chi connectivity index (χ3n) is 3.82. The van der Waals surface area contributed by atoms with E-state index < -0.39 is 21.1 Å². The molecule has 0 aliphatic rings. The average Bonchev–Trinajstić information content (AvgIpc) is 2.53. The van der Waals surface area contributed by atoms with Crippen LogP contribution < -0.4 is 0 Å². The van der Waals surface area contributed by atoms with Gasteiger partial charge in [-0.1, -0.05) is 68.4 Å². The Balaban J connectivity index is 2.19. The van der Waals surface area contributed by atoms with Crippen LogP contribution in [-0.2, 0) is 20.4 Å². The SMILES string of the molecule is CC(C)CC(C(=O)O)S(=O)(=O)Cc1ccc(-c2ccccc2)cc1. The molecule has 1 N–H and O–H groups in total. The van der Waals surface area contributed by atoms with Gasteiger partial charge in [0, 0.05) is 0 Å². The third-order valence-corrected chi connectivity index (χ3v) is 5.82. The maximum Gasteiger partial charge on any atom is 0.321 e. The molecule has 24 heavy (non-hydrogen) atoms. The molecule has 4 nitrogen and oxygen atoms in total. The zero-order valence-electron chi connectivity index (χ0n) is 13.8. The van der Waals surface area contributed by atoms with Crippen LogP contribution in [0.2, 0.25) is 0 Å². The molecule has 128 valence electrons. The maximum atomic E-state index is 12.5. The fourth-order valence-corrected chi connectivity index (χ4v) is 4.43. The van der Waals surface area contributed by atoms with Crippen molar-refractivity contribution in [3.05, 3.63) is 60.2 Å². The highest BCUT2D eigenvalue weighted by Crippen LogP contribution is 2.22. The van der Waals surface area contributed by atoms with Gasteiger partial charge >= 0.3 is 5.97 Å². The second kappa shape index (κ2) is 7.62. The van der Waals surface area contributed by atoms with Gasteiger partial charge in [-0.3, -0.25) is 4.79 Å². The number of sulfone groups is 1. The number of carboxylic acid groups (broad SMARTS) is 1. The predicted octanol–water partition coefficient (Wildman–Crippen LogP) is 3.77. The highest BCUT2D eigenvalue weighted by molar-refractivity contribution is 7.92. The quantitative estimate of drug-likeness (QED) is 0.828. The van der Waals surface area contributed by atoms with Crippen LogP contribution in [0.15, 0.2) is 54.6 Å². The molecule has 1 atom stereocenters. The zero-order valence-corrected chi connectivity index (χ0v) is 14.7. The number of hydrogen-bond donors (Lipinski definition) is 1. The van der Waals surface area contributed by atoms with Gasteiger partial charge in [-0.2, -0.15) is 0 Å². The smallest absolute Gasteiger partial charge is 0.321 e. The zero-order chi connectivity index (χ0) is 17.7. The number of carboxylic acids is 1. The molecule has 2 aromatic rings. The van der Waals surface area contributed by atoms with Crippen molar-refractivity contribution in [2.24, 2.45) is 5.92 Å². The standard InChI is InChI=1S/C19H22O4S/c1-14(2)12-18(19(20)21)24(22,23)13-15-8-10-17(11-9-15)16-6-4-3-5-7-16/h3-11,14,18H,12-13H2,1-2H3,(H,20,21). The Morgan fingerprint density at radius 2 is 1.50 bits per heavy atom. The second-order valence-electron chi connectivity index (χ2n) is 6.33. The van der Waals surface area contributed by atoms with Crippen molar-refractivity contribution in [1.29, 1.82) is 0 Å². The van der Waals surface area contributed by atoms with Gasteiger partial charge in [-0.05, 0) is 29.0 Å². The van der Waals surface area contributed by atoms with Crippen molar-refractivity contribution in [2.75, 3.05) is 0 Å². The summed E-state index contributed by atoms with van der Waals surface area (Å²) >= 11 is 0. The summed E-state index contributed by atoms with van der Waals surface area (Å²) in [6.07, 6.45) is 0.125. The first-order valence-electron chi connectivity index (χ1n) is 7.88. The van der Waals surface area contributed by atoms with Crippen LogP contribution in [0, 0.1) is 5.92 Å². The highest BCUT2D eigenvalue weighted by Gasteiger charge is 2.33. The van der Waals surface area contributed by atoms with E-state index in [4.69, 9.17) is 0 Å². The van der Waals surface area contributed by atoms with Gasteiger partial charge in [-0.25, -0.2) is 8.42 Å². The van der Waals surface area contributed by atoms with Crippen molar-refractivity contribution in [3.8, 4) is 11.1 Å². The molecule has 0 saturated heterocycles. The van der Waals surface area contributed by atoms with E-state index in [0.717, 1.165) is 11.1 Å². The van der Waals surface area contributed by atoms with E-state index in [-0.39, 0.29) is 18.1 Å². The summed E-state index contributed by atoms with van der Waals surface area (Å²) in [5.74, 6) is -1.53. The van der Waals surface area contributed by atoms with Gasteiger partial charge in [0.15, 0.2) is 15.1 Å². The van der Waals surface area contributed by atoms with Crippen LogP contribution in [-0.4, -0.2) is 24.7 Å². The van der Waals surface area contributed by atoms with Crippen molar-refractivity contribution in [2.45, 2.75) is 31.3 Å². The highest BCUT2D eigenvalue weighted by atomic mass is 32.2. The molecule has 0 saturated carbocycles. The summed E-state index contributed by atoms with van der Waals surface area (Å²) in [5.41, 5.74) is 2.65. The topological polar surface area (TPSA) is 71.4 Å². The second-order valence-corrected chi connectivity index (χ2v) is 8.51. The summed E-state index contributed by atoms with van der Waals surface area (Å²) in [6.45, 7) is 3.64. The van der Waals surface area contributed by atoms with E-state index in [1.165, 1.54) is 0 Å². The Hall–Kier alpha value is -2.14. The van der Waals surface area contributed by atoms with Crippen LogP contribution in [0.1, 0.15) is 25.8 Å². The molecule has 1 unspecified atom stereocenters. The first-order chi connectivity index (χ1) is 11.3. The largest absolute Gasteiger partial charge is 0.480 e. The minimum atomic E-state index is -3.75. The van der Waals surface area contributed by atoms with E-state index in [9.17, 15) is 18.3 Å². The molecule has 0 fully saturated rings. The molecule has 0 radical (unpaired) electrons. The van der Waals surface area contributed by atoms with Crippen LogP contribution in [0.25, 0.3) is 11.1 Å². The van der Waals surface area contributed by atoms with Crippen molar-refractivity contribution in [1.82, 2.24) is 0 Å². The number of hydrogen-bond acceptors (Lipinski definition) is 3. The van der Waals surface area contributed by atoms with Crippen molar-refractivity contribution >= 4 is 15.8 Å². The van der Waals surface area contributed by atoms with Gasteiger partial charge in [-0.15, -0.1) is 0 Å². The normalized spacial score (nSPS) is 13.0. The predicted molar refractivity (Wildman–Crippen MR) is 95.4 cm³/mol. The number of benzene rings is 2. The Kier molecular flexibility index (Phi) is 5.78. The molecule has 2 rings (SSSR count). The van der Waals surface area contributed by atoms with Gasteiger partial charge in [0.05, 0.1) is 5.75 Å². The Morgan fingerprint density at radius 1 is 0.958 bits per heavy atom. The molecule has 0 aromatic heterocycles. The summed E-state index contributed by atoms with van der Waals surface area (Å²) in [5, 5.41) is 7.89. The van der Waals surface area contributed by atoms with Crippen LogP contribution in [0.5, 0.6) is 0 Å². The van der Waals surface area contributed by atoms with Crippen LogP contribution >= 0.6 is 0 Å².